The standard InChI is InChI=1S/C22H27N3O/c23-19-16-17(9-11-21(19)24-13-3-4-14-24)10-12-22(26)25-15-5-7-18-6-1-2-8-20(18)25/h1-2,6,8-9,11,16H,3-5,7,10,12-15,23H2. The second-order valence-corrected chi connectivity index (χ2v) is 7.36. The zero-order valence-corrected chi connectivity index (χ0v) is 15.3. The Bertz CT molecular complexity index is 796. The summed E-state index contributed by atoms with van der Waals surface area (Å²) in [5, 5.41) is 0. The first kappa shape index (κ1) is 17.0. The molecule has 2 aliphatic rings. The minimum absolute atomic E-state index is 0.208. The Morgan fingerprint density at radius 3 is 2.58 bits per heavy atom. The molecule has 0 bridgehead atoms. The maximum absolute atomic E-state index is 12.8. The molecule has 1 fully saturated rings. The molecule has 0 aromatic heterocycles. The topological polar surface area (TPSA) is 49.6 Å². The molecule has 1 saturated heterocycles. The van der Waals surface area contributed by atoms with Crippen molar-refractivity contribution < 1.29 is 4.79 Å². The third-order valence-corrected chi connectivity index (χ3v) is 5.58. The maximum Gasteiger partial charge on any atom is 0.227 e. The smallest absolute Gasteiger partial charge is 0.227 e. The van der Waals surface area contributed by atoms with E-state index in [0.717, 1.165) is 61.5 Å². The molecule has 2 aromatic rings. The average molecular weight is 349 g/mol. The summed E-state index contributed by atoms with van der Waals surface area (Å²) in [7, 11) is 0. The van der Waals surface area contributed by atoms with Crippen LogP contribution in [0.2, 0.25) is 0 Å². The van der Waals surface area contributed by atoms with Gasteiger partial charge in [-0.3, -0.25) is 4.79 Å². The van der Waals surface area contributed by atoms with E-state index in [0.29, 0.717) is 6.42 Å². The van der Waals surface area contributed by atoms with E-state index < -0.39 is 0 Å². The molecule has 0 atom stereocenters. The van der Waals surface area contributed by atoms with E-state index in [-0.39, 0.29) is 5.91 Å². The number of fused-ring (bicyclic) bond motifs is 1. The predicted molar refractivity (Wildman–Crippen MR) is 108 cm³/mol. The van der Waals surface area contributed by atoms with E-state index >= 15 is 0 Å². The normalized spacial score (nSPS) is 16.6. The van der Waals surface area contributed by atoms with Crippen LogP contribution in [0.1, 0.15) is 36.8 Å². The zero-order chi connectivity index (χ0) is 17.9. The molecule has 0 spiro atoms. The van der Waals surface area contributed by atoms with Crippen molar-refractivity contribution in [2.45, 2.75) is 38.5 Å². The van der Waals surface area contributed by atoms with Gasteiger partial charge in [-0.15, -0.1) is 0 Å². The van der Waals surface area contributed by atoms with Gasteiger partial charge < -0.3 is 15.5 Å². The number of carbonyl (C=O) groups excluding carboxylic acids is 1. The summed E-state index contributed by atoms with van der Waals surface area (Å²) in [4.78, 5) is 17.1. The zero-order valence-electron chi connectivity index (χ0n) is 15.3. The number of carbonyl (C=O) groups is 1. The molecule has 2 N–H and O–H groups in total. The Balaban J connectivity index is 1.41. The highest BCUT2D eigenvalue weighted by Crippen LogP contribution is 2.29. The fraction of sp³-hybridized carbons (Fsp3) is 0.409. The van der Waals surface area contributed by atoms with Gasteiger partial charge in [0.1, 0.15) is 0 Å². The van der Waals surface area contributed by atoms with Crippen molar-refractivity contribution in [2.24, 2.45) is 0 Å². The van der Waals surface area contributed by atoms with Crippen molar-refractivity contribution in [2.75, 3.05) is 35.2 Å². The Kier molecular flexibility index (Phi) is 4.83. The Hall–Kier alpha value is -2.49. The summed E-state index contributed by atoms with van der Waals surface area (Å²) >= 11 is 0. The SMILES string of the molecule is Nc1cc(CCC(=O)N2CCCc3ccccc32)ccc1N1CCCC1. The van der Waals surface area contributed by atoms with Crippen LogP contribution in [0, 0.1) is 0 Å². The Morgan fingerprint density at radius 1 is 0.962 bits per heavy atom. The van der Waals surface area contributed by atoms with E-state index in [1.807, 2.05) is 17.0 Å². The molecule has 4 rings (SSSR count). The minimum Gasteiger partial charge on any atom is -0.397 e. The number of hydrogen-bond acceptors (Lipinski definition) is 3. The van der Waals surface area contributed by atoms with E-state index in [9.17, 15) is 4.79 Å². The van der Waals surface area contributed by atoms with Gasteiger partial charge in [-0.2, -0.15) is 0 Å². The van der Waals surface area contributed by atoms with Crippen LogP contribution in [0.5, 0.6) is 0 Å². The molecule has 1 amide bonds. The predicted octanol–water partition coefficient (Wildman–Crippen LogP) is 3.78. The van der Waals surface area contributed by atoms with Crippen molar-refractivity contribution in [3.05, 3.63) is 53.6 Å². The first-order valence-electron chi connectivity index (χ1n) is 9.74. The molecule has 0 aliphatic carbocycles. The molecule has 136 valence electrons. The summed E-state index contributed by atoms with van der Waals surface area (Å²) in [6.07, 6.45) is 5.85. The van der Waals surface area contributed by atoms with Crippen molar-refractivity contribution in [1.82, 2.24) is 0 Å². The molecule has 26 heavy (non-hydrogen) atoms. The van der Waals surface area contributed by atoms with Gasteiger partial charge >= 0.3 is 0 Å². The lowest BCUT2D eigenvalue weighted by Gasteiger charge is -2.29. The fourth-order valence-corrected chi connectivity index (χ4v) is 4.18. The number of nitrogens with two attached hydrogens (primary N) is 1. The number of nitrogen functional groups attached to an aromatic ring is 1. The van der Waals surface area contributed by atoms with Crippen molar-refractivity contribution >= 4 is 23.0 Å². The van der Waals surface area contributed by atoms with Gasteiger partial charge in [-0.1, -0.05) is 24.3 Å². The van der Waals surface area contributed by atoms with Crippen LogP contribution in [0.4, 0.5) is 17.1 Å². The van der Waals surface area contributed by atoms with Crippen molar-refractivity contribution in [1.29, 1.82) is 0 Å². The molecular weight excluding hydrogens is 322 g/mol. The number of rotatable bonds is 4. The average Bonchev–Trinajstić information content (AvgIpc) is 3.20. The molecule has 0 saturated carbocycles. The second-order valence-electron chi connectivity index (χ2n) is 7.36. The highest BCUT2D eigenvalue weighted by molar-refractivity contribution is 5.94. The summed E-state index contributed by atoms with van der Waals surface area (Å²) in [5.41, 5.74) is 11.8. The van der Waals surface area contributed by atoms with Gasteiger partial charge in [0.05, 0.1) is 11.4 Å². The van der Waals surface area contributed by atoms with E-state index in [4.69, 9.17) is 5.73 Å². The fourth-order valence-electron chi connectivity index (χ4n) is 4.18. The minimum atomic E-state index is 0.208. The number of hydrogen-bond donors (Lipinski definition) is 1. The number of aryl methyl sites for hydroxylation is 2. The molecule has 0 radical (unpaired) electrons. The first-order chi connectivity index (χ1) is 12.7. The Morgan fingerprint density at radius 2 is 1.77 bits per heavy atom. The monoisotopic (exact) mass is 349 g/mol. The highest BCUT2D eigenvalue weighted by atomic mass is 16.2. The summed E-state index contributed by atoms with van der Waals surface area (Å²) in [6.45, 7) is 3.01. The lowest BCUT2D eigenvalue weighted by molar-refractivity contribution is -0.118. The maximum atomic E-state index is 12.8. The van der Waals surface area contributed by atoms with Crippen molar-refractivity contribution in [3.8, 4) is 0 Å². The Labute approximate surface area is 155 Å². The number of benzene rings is 2. The quantitative estimate of drug-likeness (QED) is 0.855. The van der Waals surface area contributed by atoms with E-state index in [2.05, 4.69) is 35.2 Å². The summed E-state index contributed by atoms with van der Waals surface area (Å²) in [5.74, 6) is 0.208. The third kappa shape index (κ3) is 3.41. The molecule has 2 heterocycles. The van der Waals surface area contributed by atoms with Crippen LogP contribution in [0.25, 0.3) is 0 Å². The molecule has 0 unspecified atom stereocenters. The first-order valence-corrected chi connectivity index (χ1v) is 9.74. The van der Waals surface area contributed by atoms with Crippen LogP contribution in [-0.4, -0.2) is 25.5 Å². The van der Waals surface area contributed by atoms with Crippen LogP contribution >= 0.6 is 0 Å². The van der Waals surface area contributed by atoms with Gasteiger partial charge in [0.2, 0.25) is 5.91 Å². The molecule has 2 aliphatic heterocycles. The van der Waals surface area contributed by atoms with Gasteiger partial charge in [-0.05, 0) is 61.4 Å². The second kappa shape index (κ2) is 7.40. The van der Waals surface area contributed by atoms with E-state index in [1.54, 1.807) is 0 Å². The lowest BCUT2D eigenvalue weighted by atomic mass is 10.0. The third-order valence-electron chi connectivity index (χ3n) is 5.58. The number of nitrogens with zero attached hydrogens (tertiary/aromatic N) is 2. The van der Waals surface area contributed by atoms with Crippen LogP contribution in [0.3, 0.4) is 0 Å². The number of anilines is 3. The van der Waals surface area contributed by atoms with Crippen LogP contribution in [0.15, 0.2) is 42.5 Å². The number of amides is 1. The molecule has 2 aromatic carbocycles. The highest BCUT2D eigenvalue weighted by Gasteiger charge is 2.22. The molecule has 4 heteroatoms. The van der Waals surface area contributed by atoms with Crippen molar-refractivity contribution in [3.63, 3.8) is 0 Å². The van der Waals surface area contributed by atoms with Gasteiger partial charge in [0.15, 0.2) is 0 Å². The molecular formula is C22H27N3O. The summed E-state index contributed by atoms with van der Waals surface area (Å²) in [6, 6.07) is 14.6. The lowest BCUT2D eigenvalue weighted by Crippen LogP contribution is -2.35. The van der Waals surface area contributed by atoms with Crippen LogP contribution < -0.4 is 15.5 Å². The van der Waals surface area contributed by atoms with E-state index in [1.165, 1.54) is 18.4 Å². The van der Waals surface area contributed by atoms with Crippen LogP contribution in [-0.2, 0) is 17.6 Å². The molecule has 4 nitrogen and oxygen atoms in total. The van der Waals surface area contributed by atoms with Gasteiger partial charge in [-0.25, -0.2) is 0 Å². The summed E-state index contributed by atoms with van der Waals surface area (Å²) < 4.78 is 0. The van der Waals surface area contributed by atoms with Gasteiger partial charge in [0, 0.05) is 31.7 Å². The number of para-hydroxylation sites is 1. The van der Waals surface area contributed by atoms with Gasteiger partial charge in [0.25, 0.3) is 0 Å². The largest absolute Gasteiger partial charge is 0.397 e.